The lowest BCUT2D eigenvalue weighted by Crippen LogP contribution is -2.40. The van der Waals surface area contributed by atoms with Crippen LogP contribution >= 0.6 is 0 Å². The van der Waals surface area contributed by atoms with Gasteiger partial charge in [-0.05, 0) is 13.3 Å². The molecule has 0 rings (SSSR count). The molecule has 1 unspecified atom stereocenters. The standard InChI is InChI=1S/C10H18N2O/c1-3-5-6-8-12-10(13)9(11)7-4-2/h9H,4,6-8,11H2,1-2H3,(H,12,13). The molecule has 0 aliphatic rings. The first-order valence-electron chi connectivity index (χ1n) is 4.65. The van der Waals surface area contributed by atoms with Gasteiger partial charge in [0, 0.05) is 13.0 Å². The Morgan fingerprint density at radius 1 is 1.62 bits per heavy atom. The second-order valence-corrected chi connectivity index (χ2v) is 2.86. The van der Waals surface area contributed by atoms with E-state index in [4.69, 9.17) is 5.73 Å². The fraction of sp³-hybridized carbons (Fsp3) is 0.700. The maximum Gasteiger partial charge on any atom is 0.236 e. The minimum Gasteiger partial charge on any atom is -0.354 e. The smallest absolute Gasteiger partial charge is 0.236 e. The van der Waals surface area contributed by atoms with Crippen molar-refractivity contribution in [2.24, 2.45) is 5.73 Å². The number of rotatable bonds is 5. The van der Waals surface area contributed by atoms with Crippen molar-refractivity contribution in [1.29, 1.82) is 0 Å². The van der Waals surface area contributed by atoms with E-state index >= 15 is 0 Å². The number of amides is 1. The minimum absolute atomic E-state index is 0.0697. The van der Waals surface area contributed by atoms with Gasteiger partial charge in [-0.15, -0.1) is 11.8 Å². The van der Waals surface area contributed by atoms with Crippen LogP contribution in [0.3, 0.4) is 0 Å². The molecule has 1 atom stereocenters. The average molecular weight is 182 g/mol. The van der Waals surface area contributed by atoms with Crippen LogP contribution in [0.4, 0.5) is 0 Å². The third kappa shape index (κ3) is 6.18. The molecule has 74 valence electrons. The van der Waals surface area contributed by atoms with Crippen LogP contribution in [0.1, 0.15) is 33.1 Å². The Balaban J connectivity index is 3.53. The quantitative estimate of drug-likeness (QED) is 0.484. The molecule has 0 fully saturated rings. The molecule has 0 aliphatic heterocycles. The Bertz CT molecular complexity index is 203. The van der Waals surface area contributed by atoms with Gasteiger partial charge in [0.05, 0.1) is 6.04 Å². The van der Waals surface area contributed by atoms with Crippen molar-refractivity contribution in [3.05, 3.63) is 0 Å². The first-order valence-corrected chi connectivity index (χ1v) is 4.65. The second-order valence-electron chi connectivity index (χ2n) is 2.86. The van der Waals surface area contributed by atoms with Crippen LogP contribution in [0, 0.1) is 11.8 Å². The molecule has 0 aliphatic carbocycles. The van der Waals surface area contributed by atoms with Crippen LogP contribution in [0.5, 0.6) is 0 Å². The van der Waals surface area contributed by atoms with Gasteiger partial charge in [-0.1, -0.05) is 13.3 Å². The van der Waals surface area contributed by atoms with Crippen LogP contribution in [-0.2, 0) is 4.79 Å². The van der Waals surface area contributed by atoms with E-state index in [1.165, 1.54) is 0 Å². The fourth-order valence-corrected chi connectivity index (χ4v) is 0.946. The largest absolute Gasteiger partial charge is 0.354 e. The van der Waals surface area contributed by atoms with E-state index < -0.39 is 0 Å². The molecule has 3 heteroatoms. The highest BCUT2D eigenvalue weighted by molar-refractivity contribution is 5.81. The summed E-state index contributed by atoms with van der Waals surface area (Å²) in [4.78, 5) is 11.2. The summed E-state index contributed by atoms with van der Waals surface area (Å²) >= 11 is 0. The van der Waals surface area contributed by atoms with Gasteiger partial charge in [-0.3, -0.25) is 4.79 Å². The van der Waals surface area contributed by atoms with Crippen LogP contribution in [0.2, 0.25) is 0 Å². The second kappa shape index (κ2) is 7.63. The molecule has 0 bridgehead atoms. The van der Waals surface area contributed by atoms with Crippen molar-refractivity contribution in [1.82, 2.24) is 5.32 Å². The summed E-state index contributed by atoms with van der Waals surface area (Å²) in [6, 6.07) is -0.361. The summed E-state index contributed by atoms with van der Waals surface area (Å²) < 4.78 is 0. The van der Waals surface area contributed by atoms with E-state index in [0.29, 0.717) is 13.0 Å². The molecule has 13 heavy (non-hydrogen) atoms. The molecule has 0 aromatic heterocycles. The fourth-order valence-electron chi connectivity index (χ4n) is 0.946. The molecule has 3 nitrogen and oxygen atoms in total. The maximum absolute atomic E-state index is 11.2. The lowest BCUT2D eigenvalue weighted by Gasteiger charge is -2.09. The molecule has 0 spiro atoms. The lowest BCUT2D eigenvalue weighted by molar-refractivity contribution is -0.122. The van der Waals surface area contributed by atoms with Gasteiger partial charge in [0.2, 0.25) is 5.91 Å². The molecule has 3 N–H and O–H groups in total. The predicted octanol–water partition coefficient (Wildman–Crippen LogP) is 0.643. The average Bonchev–Trinajstić information content (AvgIpc) is 2.12. The van der Waals surface area contributed by atoms with E-state index in [1.54, 1.807) is 6.92 Å². The Kier molecular flexibility index (Phi) is 7.04. The van der Waals surface area contributed by atoms with E-state index in [1.807, 2.05) is 6.92 Å². The van der Waals surface area contributed by atoms with Gasteiger partial charge in [0.1, 0.15) is 0 Å². The summed E-state index contributed by atoms with van der Waals surface area (Å²) in [6.07, 6.45) is 2.37. The zero-order valence-electron chi connectivity index (χ0n) is 8.39. The maximum atomic E-state index is 11.2. The molecule has 0 aromatic rings. The van der Waals surface area contributed by atoms with Crippen LogP contribution in [0.25, 0.3) is 0 Å². The Morgan fingerprint density at radius 3 is 2.85 bits per heavy atom. The number of carbonyl (C=O) groups is 1. The lowest BCUT2D eigenvalue weighted by atomic mass is 10.2. The molecule has 0 saturated heterocycles. The van der Waals surface area contributed by atoms with Crippen LogP contribution < -0.4 is 11.1 Å². The van der Waals surface area contributed by atoms with Crippen LogP contribution in [-0.4, -0.2) is 18.5 Å². The normalized spacial score (nSPS) is 11.3. The summed E-state index contributed by atoms with van der Waals surface area (Å²) in [5, 5.41) is 2.74. The topological polar surface area (TPSA) is 55.1 Å². The van der Waals surface area contributed by atoms with Crippen molar-refractivity contribution in [2.75, 3.05) is 6.54 Å². The summed E-state index contributed by atoms with van der Waals surface area (Å²) in [7, 11) is 0. The molecule has 0 saturated carbocycles. The molecule has 1 amide bonds. The summed E-state index contributed by atoms with van der Waals surface area (Å²) in [5.41, 5.74) is 5.59. The number of hydrogen-bond acceptors (Lipinski definition) is 2. The van der Waals surface area contributed by atoms with Crippen molar-refractivity contribution in [3.63, 3.8) is 0 Å². The van der Waals surface area contributed by atoms with Crippen LogP contribution in [0.15, 0.2) is 0 Å². The van der Waals surface area contributed by atoms with Crippen molar-refractivity contribution < 1.29 is 4.79 Å². The number of hydrogen-bond donors (Lipinski definition) is 2. The van der Waals surface area contributed by atoms with Crippen molar-refractivity contribution in [3.8, 4) is 11.8 Å². The van der Waals surface area contributed by atoms with Gasteiger partial charge < -0.3 is 11.1 Å². The third-order valence-corrected chi connectivity index (χ3v) is 1.66. The number of nitrogens with two attached hydrogens (primary N) is 1. The van der Waals surface area contributed by atoms with E-state index in [9.17, 15) is 4.79 Å². The zero-order chi connectivity index (χ0) is 10.1. The van der Waals surface area contributed by atoms with E-state index in [0.717, 1.165) is 12.8 Å². The Hall–Kier alpha value is -1.01. The molecule has 0 radical (unpaired) electrons. The first-order chi connectivity index (χ1) is 6.22. The van der Waals surface area contributed by atoms with Crippen molar-refractivity contribution >= 4 is 5.91 Å². The molecular weight excluding hydrogens is 164 g/mol. The van der Waals surface area contributed by atoms with E-state index in [2.05, 4.69) is 17.2 Å². The highest BCUT2D eigenvalue weighted by atomic mass is 16.2. The minimum atomic E-state index is -0.361. The third-order valence-electron chi connectivity index (χ3n) is 1.66. The van der Waals surface area contributed by atoms with Gasteiger partial charge >= 0.3 is 0 Å². The Labute approximate surface area is 80.1 Å². The zero-order valence-corrected chi connectivity index (χ0v) is 8.39. The number of nitrogens with one attached hydrogen (secondary N) is 1. The van der Waals surface area contributed by atoms with Crippen molar-refractivity contribution in [2.45, 2.75) is 39.2 Å². The Morgan fingerprint density at radius 2 is 2.31 bits per heavy atom. The summed E-state index contributed by atoms with van der Waals surface area (Å²) in [5.74, 6) is 5.56. The summed E-state index contributed by atoms with van der Waals surface area (Å²) in [6.45, 7) is 4.39. The van der Waals surface area contributed by atoms with E-state index in [-0.39, 0.29) is 11.9 Å². The molecular formula is C10H18N2O. The molecule has 0 aromatic carbocycles. The monoisotopic (exact) mass is 182 g/mol. The molecule has 0 heterocycles. The number of carbonyl (C=O) groups excluding carboxylic acids is 1. The van der Waals surface area contributed by atoms with Gasteiger partial charge in [0.15, 0.2) is 0 Å². The van der Waals surface area contributed by atoms with Gasteiger partial charge in [0.25, 0.3) is 0 Å². The highest BCUT2D eigenvalue weighted by Gasteiger charge is 2.10. The predicted molar refractivity (Wildman–Crippen MR) is 54.0 cm³/mol. The SMILES string of the molecule is CC#CCCNC(=O)C(N)CCC. The first kappa shape index (κ1) is 12.0. The van der Waals surface area contributed by atoms with Gasteiger partial charge in [-0.25, -0.2) is 0 Å². The highest BCUT2D eigenvalue weighted by Crippen LogP contribution is 1.92. The van der Waals surface area contributed by atoms with Gasteiger partial charge in [-0.2, -0.15) is 0 Å².